The van der Waals surface area contributed by atoms with Crippen LogP contribution >= 0.6 is 15.9 Å². The minimum atomic E-state index is 0.204. The smallest absolute Gasteiger partial charge is 0.164 e. The number of hydrogen-bond donors (Lipinski definition) is 0. The molecule has 19 heavy (non-hydrogen) atoms. The lowest BCUT2D eigenvalue weighted by Crippen LogP contribution is -2.22. The Morgan fingerprint density at radius 1 is 1.37 bits per heavy atom. The molecule has 1 saturated heterocycles. The fourth-order valence-electron chi connectivity index (χ4n) is 2.36. The Balaban J connectivity index is 1.92. The van der Waals surface area contributed by atoms with Gasteiger partial charge in [0.25, 0.3) is 0 Å². The van der Waals surface area contributed by atoms with E-state index in [9.17, 15) is 4.79 Å². The highest BCUT2D eigenvalue weighted by atomic mass is 79.9. The summed E-state index contributed by atoms with van der Waals surface area (Å²) >= 11 is 3.45. The summed E-state index contributed by atoms with van der Waals surface area (Å²) in [5.74, 6) is 0.995. The van der Waals surface area contributed by atoms with Crippen LogP contribution in [-0.4, -0.2) is 36.9 Å². The van der Waals surface area contributed by atoms with Gasteiger partial charge in [0.2, 0.25) is 0 Å². The van der Waals surface area contributed by atoms with Crippen molar-refractivity contribution in [3.8, 4) is 5.75 Å². The van der Waals surface area contributed by atoms with Gasteiger partial charge >= 0.3 is 0 Å². The first kappa shape index (κ1) is 14.5. The molecule has 0 radical (unpaired) electrons. The van der Waals surface area contributed by atoms with Crippen molar-refractivity contribution in [2.24, 2.45) is 0 Å². The molecule has 3 nitrogen and oxygen atoms in total. The SMILES string of the molecule is CCOc1ccc(C(=O)CCN2CCCC2)cc1Br. The third-order valence-corrected chi connectivity index (χ3v) is 4.03. The lowest BCUT2D eigenvalue weighted by molar-refractivity contribution is 0.0969. The van der Waals surface area contributed by atoms with Gasteiger partial charge in [-0.3, -0.25) is 4.79 Å². The van der Waals surface area contributed by atoms with Crippen molar-refractivity contribution in [3.05, 3.63) is 28.2 Å². The molecule has 0 spiro atoms. The minimum absolute atomic E-state index is 0.204. The summed E-state index contributed by atoms with van der Waals surface area (Å²) in [4.78, 5) is 14.5. The quantitative estimate of drug-likeness (QED) is 0.749. The average Bonchev–Trinajstić information content (AvgIpc) is 2.91. The van der Waals surface area contributed by atoms with Gasteiger partial charge in [-0.05, 0) is 67.0 Å². The van der Waals surface area contributed by atoms with E-state index in [1.807, 2.05) is 25.1 Å². The van der Waals surface area contributed by atoms with E-state index < -0.39 is 0 Å². The van der Waals surface area contributed by atoms with Gasteiger partial charge in [0.05, 0.1) is 11.1 Å². The summed E-state index contributed by atoms with van der Waals surface area (Å²) in [6.07, 6.45) is 3.13. The van der Waals surface area contributed by atoms with E-state index in [1.165, 1.54) is 12.8 Å². The summed E-state index contributed by atoms with van der Waals surface area (Å²) in [7, 11) is 0. The Morgan fingerprint density at radius 3 is 2.74 bits per heavy atom. The molecule has 1 fully saturated rings. The maximum Gasteiger partial charge on any atom is 0.164 e. The second-order valence-electron chi connectivity index (χ2n) is 4.80. The van der Waals surface area contributed by atoms with E-state index in [0.717, 1.165) is 35.4 Å². The molecular weight excluding hydrogens is 306 g/mol. The highest BCUT2D eigenvalue weighted by molar-refractivity contribution is 9.10. The van der Waals surface area contributed by atoms with Gasteiger partial charge < -0.3 is 9.64 Å². The molecule has 104 valence electrons. The number of likely N-dealkylation sites (tertiary alicyclic amines) is 1. The summed E-state index contributed by atoms with van der Waals surface area (Å²) in [6, 6.07) is 5.57. The van der Waals surface area contributed by atoms with E-state index in [1.54, 1.807) is 0 Å². The second-order valence-corrected chi connectivity index (χ2v) is 5.65. The molecule has 2 rings (SSSR count). The zero-order valence-corrected chi connectivity index (χ0v) is 12.9. The third-order valence-electron chi connectivity index (χ3n) is 3.41. The number of ether oxygens (including phenoxy) is 1. The molecule has 4 heteroatoms. The van der Waals surface area contributed by atoms with Crippen LogP contribution in [0.5, 0.6) is 5.75 Å². The summed E-state index contributed by atoms with van der Waals surface area (Å²) in [5.41, 5.74) is 0.759. The van der Waals surface area contributed by atoms with Crippen molar-refractivity contribution < 1.29 is 9.53 Å². The van der Waals surface area contributed by atoms with E-state index in [2.05, 4.69) is 20.8 Å². The van der Waals surface area contributed by atoms with Crippen LogP contribution in [0.15, 0.2) is 22.7 Å². The molecule has 1 aliphatic rings. The molecule has 0 saturated carbocycles. The molecule has 0 aromatic heterocycles. The number of nitrogens with zero attached hydrogens (tertiary/aromatic N) is 1. The standard InChI is InChI=1S/C15H20BrNO2/c1-2-19-15-6-5-12(11-13(15)16)14(18)7-10-17-8-3-4-9-17/h5-6,11H,2-4,7-10H2,1H3. The Hall–Kier alpha value is -0.870. The van der Waals surface area contributed by atoms with Crippen LogP contribution in [0.2, 0.25) is 0 Å². The molecule has 0 N–H and O–H groups in total. The number of carbonyl (C=O) groups excluding carboxylic acids is 1. The number of rotatable bonds is 6. The molecule has 1 aromatic rings. The number of halogens is 1. The Morgan fingerprint density at radius 2 is 2.11 bits per heavy atom. The number of Topliss-reactive ketones (excluding diaryl/α,β-unsaturated/α-hetero) is 1. The van der Waals surface area contributed by atoms with E-state index in [4.69, 9.17) is 4.74 Å². The largest absolute Gasteiger partial charge is 0.493 e. The van der Waals surface area contributed by atoms with Crippen LogP contribution in [-0.2, 0) is 0 Å². The van der Waals surface area contributed by atoms with Crippen molar-refractivity contribution in [2.45, 2.75) is 26.2 Å². The van der Waals surface area contributed by atoms with Gasteiger partial charge in [-0.15, -0.1) is 0 Å². The summed E-state index contributed by atoms with van der Waals surface area (Å²) < 4.78 is 6.29. The van der Waals surface area contributed by atoms with Gasteiger partial charge in [-0.25, -0.2) is 0 Å². The van der Waals surface area contributed by atoms with E-state index in [0.29, 0.717) is 13.0 Å². The van der Waals surface area contributed by atoms with Gasteiger partial charge in [-0.1, -0.05) is 0 Å². The second kappa shape index (κ2) is 7.06. The number of hydrogen-bond acceptors (Lipinski definition) is 3. The van der Waals surface area contributed by atoms with Crippen LogP contribution in [0.25, 0.3) is 0 Å². The number of benzene rings is 1. The monoisotopic (exact) mass is 325 g/mol. The third kappa shape index (κ3) is 4.05. The molecule has 0 amide bonds. The molecular formula is C15H20BrNO2. The molecule has 0 atom stereocenters. The fraction of sp³-hybridized carbons (Fsp3) is 0.533. The number of ketones is 1. The van der Waals surface area contributed by atoms with Crippen molar-refractivity contribution in [1.82, 2.24) is 4.90 Å². The first-order chi connectivity index (χ1) is 9.20. The Labute approximate surface area is 123 Å². The van der Waals surface area contributed by atoms with Crippen molar-refractivity contribution in [1.29, 1.82) is 0 Å². The summed E-state index contributed by atoms with van der Waals surface area (Å²) in [6.45, 7) is 5.73. The predicted molar refractivity (Wildman–Crippen MR) is 79.9 cm³/mol. The lowest BCUT2D eigenvalue weighted by Gasteiger charge is -2.13. The van der Waals surface area contributed by atoms with E-state index >= 15 is 0 Å². The molecule has 0 aliphatic carbocycles. The van der Waals surface area contributed by atoms with Gasteiger partial charge in [0.1, 0.15) is 5.75 Å². The van der Waals surface area contributed by atoms with Crippen molar-refractivity contribution >= 4 is 21.7 Å². The van der Waals surface area contributed by atoms with Crippen molar-refractivity contribution in [3.63, 3.8) is 0 Å². The minimum Gasteiger partial charge on any atom is -0.493 e. The maximum absolute atomic E-state index is 12.1. The van der Waals surface area contributed by atoms with Crippen LogP contribution in [0, 0.1) is 0 Å². The normalized spacial score (nSPS) is 15.7. The zero-order chi connectivity index (χ0) is 13.7. The first-order valence-corrected chi connectivity index (χ1v) is 7.68. The van der Waals surface area contributed by atoms with Crippen LogP contribution in [0.4, 0.5) is 0 Å². The summed E-state index contributed by atoms with van der Waals surface area (Å²) in [5, 5.41) is 0. The fourth-order valence-corrected chi connectivity index (χ4v) is 2.85. The Kier molecular flexibility index (Phi) is 5.40. The molecule has 0 unspecified atom stereocenters. The topological polar surface area (TPSA) is 29.5 Å². The maximum atomic E-state index is 12.1. The first-order valence-electron chi connectivity index (χ1n) is 6.88. The van der Waals surface area contributed by atoms with E-state index in [-0.39, 0.29) is 5.78 Å². The zero-order valence-electron chi connectivity index (χ0n) is 11.3. The molecule has 1 aromatic carbocycles. The van der Waals surface area contributed by atoms with Crippen LogP contribution in [0.3, 0.4) is 0 Å². The number of carbonyl (C=O) groups is 1. The van der Waals surface area contributed by atoms with Crippen LogP contribution < -0.4 is 4.74 Å². The highest BCUT2D eigenvalue weighted by Crippen LogP contribution is 2.26. The molecule has 0 bridgehead atoms. The van der Waals surface area contributed by atoms with Gasteiger partial charge in [-0.2, -0.15) is 0 Å². The average molecular weight is 326 g/mol. The van der Waals surface area contributed by atoms with Crippen molar-refractivity contribution in [2.75, 3.05) is 26.2 Å². The molecule has 1 heterocycles. The lowest BCUT2D eigenvalue weighted by atomic mass is 10.1. The van der Waals surface area contributed by atoms with Crippen LogP contribution in [0.1, 0.15) is 36.5 Å². The predicted octanol–water partition coefficient (Wildman–Crippen LogP) is 3.52. The Bertz CT molecular complexity index is 442. The van der Waals surface area contributed by atoms with Gasteiger partial charge in [0, 0.05) is 18.5 Å². The highest BCUT2D eigenvalue weighted by Gasteiger charge is 2.14. The van der Waals surface area contributed by atoms with Gasteiger partial charge in [0.15, 0.2) is 5.78 Å². The molecule has 1 aliphatic heterocycles.